The Morgan fingerprint density at radius 1 is 1.14 bits per heavy atom. The Hall–Kier alpha value is -2.88. The monoisotopic (exact) mass is 292 g/mol. The fourth-order valence-electron chi connectivity index (χ4n) is 2.40. The summed E-state index contributed by atoms with van der Waals surface area (Å²) in [4.78, 5) is 10.5. The van der Waals surface area contributed by atoms with Crippen molar-refractivity contribution in [1.82, 2.24) is 0 Å². The van der Waals surface area contributed by atoms with E-state index in [1.54, 1.807) is 37.3 Å². The van der Waals surface area contributed by atoms with Crippen molar-refractivity contribution in [2.24, 2.45) is 0 Å². The Kier molecular flexibility index (Phi) is 3.74. The van der Waals surface area contributed by atoms with E-state index in [0.29, 0.717) is 29.1 Å². The lowest BCUT2D eigenvalue weighted by Gasteiger charge is -2.11. The average molecular weight is 292 g/mol. The van der Waals surface area contributed by atoms with Crippen LogP contribution in [0.25, 0.3) is 10.9 Å². The van der Waals surface area contributed by atoms with E-state index in [1.807, 2.05) is 30.6 Å². The maximum atomic E-state index is 12.1. The third kappa shape index (κ3) is 2.63. The highest BCUT2D eigenvalue weighted by atomic mass is 16.5. The second-order valence-corrected chi connectivity index (χ2v) is 5.04. The fourth-order valence-corrected chi connectivity index (χ4v) is 2.40. The van der Waals surface area contributed by atoms with E-state index in [0.717, 1.165) is 15.7 Å². The number of benzene rings is 2. The molecular weight excluding hydrogens is 278 g/mol. The zero-order valence-electron chi connectivity index (χ0n) is 12.1. The Balaban J connectivity index is 1.90. The van der Waals surface area contributed by atoms with Crippen molar-refractivity contribution in [2.75, 3.05) is 0 Å². The molecule has 0 saturated carbocycles. The van der Waals surface area contributed by atoms with E-state index in [2.05, 4.69) is 0 Å². The van der Waals surface area contributed by atoms with Crippen LogP contribution in [0.1, 0.15) is 16.8 Å². The highest BCUT2D eigenvalue weighted by molar-refractivity contribution is 5.79. The van der Waals surface area contributed by atoms with Crippen molar-refractivity contribution >= 4 is 17.2 Å². The second-order valence-electron chi connectivity index (χ2n) is 5.04. The highest BCUT2D eigenvalue weighted by Gasteiger charge is 2.12. The molecule has 0 aliphatic carbocycles. The summed E-state index contributed by atoms with van der Waals surface area (Å²) in [5.41, 5.74) is 2.70. The fraction of sp³-hybridized carbons (Fsp3) is 0.111. The molecule has 2 aromatic carbocycles. The number of para-hydroxylation sites is 1. The number of rotatable bonds is 4. The Bertz CT molecular complexity index is 826. The lowest BCUT2D eigenvalue weighted by atomic mass is 10.1. The van der Waals surface area contributed by atoms with Gasteiger partial charge in [0.2, 0.25) is 11.8 Å². The molecule has 0 atom stereocenters. The number of fused-ring (bicyclic) bond motifs is 1. The standard InChI is InChI=1S/C18H14NO3/c1-13-10-15(17-4-2-3-5-18(17)19(13)21)12-22-16-8-6-14(11-20)7-9-16/h2-10H,12H2,1H3. The van der Waals surface area contributed by atoms with Gasteiger partial charge in [0.05, 0.1) is 5.39 Å². The quantitative estimate of drug-likeness (QED) is 0.549. The topological polar surface area (TPSA) is 53.2 Å². The number of aryl methyl sites for hydroxylation is 1. The van der Waals surface area contributed by atoms with Crippen LogP contribution in [0.5, 0.6) is 5.75 Å². The van der Waals surface area contributed by atoms with Crippen molar-refractivity contribution in [2.45, 2.75) is 13.5 Å². The first kappa shape index (κ1) is 14.1. The first-order valence-electron chi connectivity index (χ1n) is 6.91. The van der Waals surface area contributed by atoms with Gasteiger partial charge in [-0.25, -0.2) is 0 Å². The van der Waals surface area contributed by atoms with Gasteiger partial charge >= 0.3 is 0 Å². The summed E-state index contributed by atoms with van der Waals surface area (Å²) in [6.07, 6.45) is 1.82. The van der Waals surface area contributed by atoms with Crippen LogP contribution in [0.4, 0.5) is 0 Å². The molecule has 0 spiro atoms. The van der Waals surface area contributed by atoms with Gasteiger partial charge < -0.3 is 9.94 Å². The molecule has 4 heteroatoms. The van der Waals surface area contributed by atoms with Gasteiger partial charge in [-0.2, -0.15) is 4.73 Å². The minimum Gasteiger partial charge on any atom is -0.618 e. The van der Waals surface area contributed by atoms with E-state index in [1.165, 1.54) is 0 Å². The van der Waals surface area contributed by atoms with Crippen LogP contribution in [-0.2, 0) is 11.4 Å². The van der Waals surface area contributed by atoms with Gasteiger partial charge in [-0.1, -0.05) is 12.1 Å². The zero-order chi connectivity index (χ0) is 15.5. The number of hydrogen-bond acceptors (Lipinski definition) is 3. The van der Waals surface area contributed by atoms with Gasteiger partial charge in [-0.05, 0) is 30.3 Å². The molecule has 0 saturated heterocycles. The molecule has 4 nitrogen and oxygen atoms in total. The molecule has 1 aromatic heterocycles. The summed E-state index contributed by atoms with van der Waals surface area (Å²) in [6.45, 7) is 2.13. The minimum absolute atomic E-state index is 0.354. The Labute approximate surface area is 128 Å². The second kappa shape index (κ2) is 5.85. The predicted molar refractivity (Wildman–Crippen MR) is 83.2 cm³/mol. The molecule has 1 heterocycles. The first-order valence-corrected chi connectivity index (χ1v) is 6.91. The van der Waals surface area contributed by atoms with Crippen LogP contribution >= 0.6 is 0 Å². The summed E-state index contributed by atoms with van der Waals surface area (Å²) in [5.74, 6) is 0.666. The number of aromatic nitrogens is 1. The molecule has 0 fully saturated rings. The van der Waals surface area contributed by atoms with Crippen molar-refractivity contribution in [3.8, 4) is 5.75 Å². The van der Waals surface area contributed by atoms with Crippen molar-refractivity contribution in [3.05, 3.63) is 76.6 Å². The molecule has 0 unspecified atom stereocenters. The van der Waals surface area contributed by atoms with Gasteiger partial charge in [0, 0.05) is 30.2 Å². The molecule has 22 heavy (non-hydrogen) atoms. The van der Waals surface area contributed by atoms with E-state index in [9.17, 15) is 10.0 Å². The van der Waals surface area contributed by atoms with Gasteiger partial charge in [0.25, 0.3) is 0 Å². The lowest BCUT2D eigenvalue weighted by Crippen LogP contribution is -2.31. The average Bonchev–Trinajstić information content (AvgIpc) is 2.57. The maximum Gasteiger partial charge on any atom is 0.233 e. The molecule has 0 bridgehead atoms. The van der Waals surface area contributed by atoms with Crippen LogP contribution in [0.15, 0.2) is 54.6 Å². The normalized spacial score (nSPS) is 10.6. The molecule has 0 N–H and O–H groups in total. The van der Waals surface area contributed by atoms with Gasteiger partial charge in [-0.3, -0.25) is 4.79 Å². The molecule has 109 valence electrons. The van der Waals surface area contributed by atoms with Gasteiger partial charge in [0.1, 0.15) is 12.4 Å². The number of nitrogens with zero attached hydrogens (tertiary/aromatic N) is 1. The van der Waals surface area contributed by atoms with Crippen LogP contribution in [0.3, 0.4) is 0 Å². The van der Waals surface area contributed by atoms with Gasteiger partial charge in [0.15, 0.2) is 5.69 Å². The molecule has 3 rings (SSSR count). The minimum atomic E-state index is 0.354. The largest absolute Gasteiger partial charge is 0.618 e. The van der Waals surface area contributed by atoms with Crippen LogP contribution in [0.2, 0.25) is 0 Å². The summed E-state index contributed by atoms with van der Waals surface area (Å²) >= 11 is 0. The number of hydrogen-bond donors (Lipinski definition) is 0. The SMILES string of the molecule is Cc1cc(COc2ccc([C]=O)cc2)c2ccccc2[n+]1[O-]. The van der Waals surface area contributed by atoms with Crippen LogP contribution in [-0.4, -0.2) is 6.29 Å². The molecule has 3 aromatic rings. The third-order valence-electron chi connectivity index (χ3n) is 3.54. The lowest BCUT2D eigenvalue weighted by molar-refractivity contribution is -0.584. The van der Waals surface area contributed by atoms with Crippen LogP contribution < -0.4 is 9.47 Å². The predicted octanol–water partition coefficient (Wildman–Crippen LogP) is 2.82. The molecule has 0 aliphatic rings. The van der Waals surface area contributed by atoms with E-state index >= 15 is 0 Å². The smallest absolute Gasteiger partial charge is 0.233 e. The number of ether oxygens (including phenoxy) is 1. The zero-order valence-corrected chi connectivity index (χ0v) is 12.1. The van der Waals surface area contributed by atoms with E-state index in [-0.39, 0.29) is 0 Å². The molecule has 0 amide bonds. The molecule has 0 aliphatic heterocycles. The number of pyridine rings is 1. The molecule has 1 radical (unpaired) electrons. The van der Waals surface area contributed by atoms with Crippen molar-refractivity contribution in [3.63, 3.8) is 0 Å². The Morgan fingerprint density at radius 3 is 2.59 bits per heavy atom. The van der Waals surface area contributed by atoms with Crippen molar-refractivity contribution in [1.29, 1.82) is 0 Å². The first-order chi connectivity index (χ1) is 10.7. The van der Waals surface area contributed by atoms with Crippen LogP contribution in [0, 0.1) is 12.1 Å². The van der Waals surface area contributed by atoms with Gasteiger partial charge in [-0.15, -0.1) is 0 Å². The van der Waals surface area contributed by atoms with E-state index < -0.39 is 0 Å². The summed E-state index contributed by atoms with van der Waals surface area (Å²) in [6, 6.07) is 16.1. The summed E-state index contributed by atoms with van der Waals surface area (Å²) < 4.78 is 6.68. The van der Waals surface area contributed by atoms with E-state index in [4.69, 9.17) is 4.74 Å². The number of carbonyl (C=O) groups excluding carboxylic acids is 1. The summed E-state index contributed by atoms with van der Waals surface area (Å²) in [7, 11) is 0. The summed E-state index contributed by atoms with van der Waals surface area (Å²) in [5, 5.41) is 12.9. The third-order valence-corrected chi connectivity index (χ3v) is 3.54. The highest BCUT2D eigenvalue weighted by Crippen LogP contribution is 2.19. The Morgan fingerprint density at radius 2 is 1.86 bits per heavy atom. The van der Waals surface area contributed by atoms with Crippen molar-refractivity contribution < 1.29 is 14.3 Å². The maximum absolute atomic E-state index is 12.1. The molecular formula is C18H14NO3.